The predicted octanol–water partition coefficient (Wildman–Crippen LogP) is 2.41. The van der Waals surface area contributed by atoms with E-state index in [2.05, 4.69) is 6.92 Å². The van der Waals surface area contributed by atoms with Gasteiger partial charge < -0.3 is 4.74 Å². The van der Waals surface area contributed by atoms with E-state index in [0.29, 0.717) is 5.06 Å². The Balaban J connectivity index is 3.64. The van der Waals surface area contributed by atoms with Gasteiger partial charge in [-0.05, 0) is 20.3 Å². The maximum Gasteiger partial charge on any atom is 0.433 e. The van der Waals surface area contributed by atoms with Gasteiger partial charge in [0, 0.05) is 6.54 Å². The maximum absolute atomic E-state index is 11.0. The molecule has 1 unspecified atom stereocenters. The molecule has 0 saturated heterocycles. The van der Waals surface area contributed by atoms with Crippen LogP contribution in [-0.2, 0) is 4.74 Å². The molecule has 78 valence electrons. The summed E-state index contributed by atoms with van der Waals surface area (Å²) >= 11 is 0. The van der Waals surface area contributed by atoms with E-state index in [1.807, 2.05) is 6.92 Å². The third-order valence-electron chi connectivity index (χ3n) is 1.78. The zero-order valence-electron chi connectivity index (χ0n) is 8.62. The third-order valence-corrected chi connectivity index (χ3v) is 1.78. The fraction of sp³-hybridized carbons (Fsp3) is 0.889. The van der Waals surface area contributed by atoms with Crippen LogP contribution in [0.25, 0.3) is 0 Å². The van der Waals surface area contributed by atoms with E-state index in [-0.39, 0.29) is 12.6 Å². The Kier molecular flexibility index (Phi) is 6.32. The Morgan fingerprint density at radius 3 is 2.62 bits per heavy atom. The molecule has 1 N–H and O–H groups in total. The predicted molar refractivity (Wildman–Crippen MR) is 49.6 cm³/mol. The SMILES string of the molecule is CCCCC(C)OC(=O)N(O)CC. The fourth-order valence-corrected chi connectivity index (χ4v) is 0.913. The second kappa shape index (κ2) is 6.71. The van der Waals surface area contributed by atoms with Gasteiger partial charge in [-0.15, -0.1) is 0 Å². The Hall–Kier alpha value is -0.770. The first kappa shape index (κ1) is 12.2. The van der Waals surface area contributed by atoms with Crippen molar-refractivity contribution in [2.24, 2.45) is 0 Å². The summed E-state index contributed by atoms with van der Waals surface area (Å²) in [4.78, 5) is 11.0. The van der Waals surface area contributed by atoms with E-state index >= 15 is 0 Å². The number of hydrogen-bond donors (Lipinski definition) is 1. The minimum Gasteiger partial charge on any atom is -0.445 e. The first-order valence-corrected chi connectivity index (χ1v) is 4.78. The van der Waals surface area contributed by atoms with Crippen molar-refractivity contribution in [3.8, 4) is 0 Å². The summed E-state index contributed by atoms with van der Waals surface area (Å²) in [5.41, 5.74) is 0. The molecule has 0 heterocycles. The van der Waals surface area contributed by atoms with Gasteiger partial charge in [0.15, 0.2) is 0 Å². The smallest absolute Gasteiger partial charge is 0.433 e. The lowest BCUT2D eigenvalue weighted by molar-refractivity contribution is -0.0789. The van der Waals surface area contributed by atoms with E-state index < -0.39 is 6.09 Å². The Labute approximate surface area is 79.4 Å². The first-order valence-electron chi connectivity index (χ1n) is 4.78. The van der Waals surface area contributed by atoms with Crippen molar-refractivity contribution in [2.45, 2.75) is 46.1 Å². The van der Waals surface area contributed by atoms with Crippen LogP contribution in [0.5, 0.6) is 0 Å². The summed E-state index contributed by atoms with van der Waals surface area (Å²) in [5, 5.41) is 9.53. The van der Waals surface area contributed by atoms with E-state index in [1.165, 1.54) is 0 Å². The lowest BCUT2D eigenvalue weighted by Gasteiger charge is -2.17. The zero-order valence-corrected chi connectivity index (χ0v) is 8.62. The highest BCUT2D eigenvalue weighted by Crippen LogP contribution is 2.05. The molecule has 0 aliphatic rings. The minimum absolute atomic E-state index is 0.117. The van der Waals surface area contributed by atoms with Gasteiger partial charge in [0.1, 0.15) is 6.10 Å². The monoisotopic (exact) mass is 189 g/mol. The Morgan fingerprint density at radius 2 is 2.15 bits per heavy atom. The Bertz CT molecular complexity index is 150. The number of nitrogens with zero attached hydrogens (tertiary/aromatic N) is 1. The number of carbonyl (C=O) groups excluding carboxylic acids is 1. The summed E-state index contributed by atoms with van der Waals surface area (Å²) in [6.45, 7) is 5.84. The highest BCUT2D eigenvalue weighted by Gasteiger charge is 2.13. The number of amides is 1. The first-order chi connectivity index (χ1) is 6.11. The molecule has 0 saturated carbocycles. The molecule has 4 heteroatoms. The lowest BCUT2D eigenvalue weighted by atomic mass is 10.2. The molecule has 1 atom stereocenters. The van der Waals surface area contributed by atoms with Crippen LogP contribution >= 0.6 is 0 Å². The second-order valence-electron chi connectivity index (χ2n) is 3.05. The molecule has 0 aromatic carbocycles. The molecule has 0 fully saturated rings. The van der Waals surface area contributed by atoms with E-state index in [0.717, 1.165) is 19.3 Å². The number of rotatable bonds is 5. The molecular weight excluding hydrogens is 170 g/mol. The van der Waals surface area contributed by atoms with Crippen molar-refractivity contribution < 1.29 is 14.7 Å². The molecule has 0 rings (SSSR count). The number of unbranched alkanes of at least 4 members (excludes halogenated alkanes) is 1. The van der Waals surface area contributed by atoms with E-state index in [1.54, 1.807) is 6.92 Å². The molecule has 0 bridgehead atoms. The van der Waals surface area contributed by atoms with Crippen LogP contribution in [0.1, 0.15) is 40.0 Å². The van der Waals surface area contributed by atoms with Gasteiger partial charge >= 0.3 is 6.09 Å². The van der Waals surface area contributed by atoms with Crippen molar-refractivity contribution in [2.75, 3.05) is 6.54 Å². The molecule has 0 aromatic heterocycles. The van der Waals surface area contributed by atoms with Gasteiger partial charge in [0.25, 0.3) is 0 Å². The molecule has 13 heavy (non-hydrogen) atoms. The summed E-state index contributed by atoms with van der Waals surface area (Å²) in [6.07, 6.45) is 2.18. The molecule has 0 aliphatic carbocycles. The summed E-state index contributed by atoms with van der Waals surface area (Å²) in [7, 11) is 0. The highest BCUT2D eigenvalue weighted by atomic mass is 16.6. The van der Waals surface area contributed by atoms with Crippen LogP contribution in [0.15, 0.2) is 0 Å². The van der Waals surface area contributed by atoms with Crippen LogP contribution in [0, 0.1) is 0 Å². The molecule has 0 aromatic rings. The number of carbonyl (C=O) groups is 1. The molecule has 0 aliphatic heterocycles. The van der Waals surface area contributed by atoms with Crippen molar-refractivity contribution in [1.29, 1.82) is 0 Å². The Morgan fingerprint density at radius 1 is 1.54 bits per heavy atom. The standard InChI is InChI=1S/C9H19NO3/c1-4-6-7-8(3)13-9(11)10(12)5-2/h8,12H,4-7H2,1-3H3. The normalized spacial score (nSPS) is 12.3. The maximum atomic E-state index is 11.0. The molecule has 0 radical (unpaired) electrons. The minimum atomic E-state index is -0.661. The zero-order chi connectivity index (χ0) is 10.3. The number of hydroxylamine groups is 2. The summed E-state index contributed by atoms with van der Waals surface area (Å²) in [6, 6.07) is 0. The van der Waals surface area contributed by atoms with E-state index in [9.17, 15) is 4.79 Å². The molecule has 0 spiro atoms. The van der Waals surface area contributed by atoms with Crippen LogP contribution in [0.2, 0.25) is 0 Å². The summed E-state index contributed by atoms with van der Waals surface area (Å²) in [5.74, 6) is 0. The van der Waals surface area contributed by atoms with Crippen LogP contribution in [-0.4, -0.2) is 29.0 Å². The molecule has 1 amide bonds. The van der Waals surface area contributed by atoms with E-state index in [4.69, 9.17) is 9.94 Å². The van der Waals surface area contributed by atoms with Gasteiger partial charge in [-0.1, -0.05) is 19.8 Å². The molecular formula is C9H19NO3. The van der Waals surface area contributed by atoms with Gasteiger partial charge in [0.2, 0.25) is 0 Å². The highest BCUT2D eigenvalue weighted by molar-refractivity contribution is 5.66. The third kappa shape index (κ3) is 5.47. The van der Waals surface area contributed by atoms with Gasteiger partial charge in [0.05, 0.1) is 0 Å². The van der Waals surface area contributed by atoms with Gasteiger partial charge in [-0.2, -0.15) is 5.06 Å². The van der Waals surface area contributed by atoms with Crippen LogP contribution < -0.4 is 0 Å². The van der Waals surface area contributed by atoms with Gasteiger partial charge in [-0.3, -0.25) is 5.21 Å². The fourth-order valence-electron chi connectivity index (χ4n) is 0.913. The van der Waals surface area contributed by atoms with Crippen molar-refractivity contribution >= 4 is 6.09 Å². The topological polar surface area (TPSA) is 49.8 Å². The quantitative estimate of drug-likeness (QED) is 0.533. The summed E-state index contributed by atoms with van der Waals surface area (Å²) < 4.78 is 4.94. The largest absolute Gasteiger partial charge is 0.445 e. The average Bonchev–Trinajstić information content (AvgIpc) is 2.13. The van der Waals surface area contributed by atoms with Crippen molar-refractivity contribution in [3.05, 3.63) is 0 Å². The molecule has 4 nitrogen and oxygen atoms in total. The van der Waals surface area contributed by atoms with Crippen LogP contribution in [0.3, 0.4) is 0 Å². The number of ether oxygens (including phenoxy) is 1. The van der Waals surface area contributed by atoms with Gasteiger partial charge in [-0.25, -0.2) is 4.79 Å². The second-order valence-corrected chi connectivity index (χ2v) is 3.05. The number of hydrogen-bond acceptors (Lipinski definition) is 3. The average molecular weight is 189 g/mol. The van der Waals surface area contributed by atoms with Crippen molar-refractivity contribution in [3.63, 3.8) is 0 Å². The van der Waals surface area contributed by atoms with Crippen molar-refractivity contribution in [1.82, 2.24) is 5.06 Å². The lowest BCUT2D eigenvalue weighted by Crippen LogP contribution is -2.30. The van der Waals surface area contributed by atoms with Crippen LogP contribution in [0.4, 0.5) is 4.79 Å².